The third kappa shape index (κ3) is 2.33. The Kier molecular flexibility index (Phi) is 3.60. The number of aliphatic carboxylic acids is 1. The lowest BCUT2D eigenvalue weighted by Gasteiger charge is -2.33. The van der Waals surface area contributed by atoms with Crippen LogP contribution in [0.1, 0.15) is 20.8 Å². The Morgan fingerprint density at radius 2 is 2.18 bits per heavy atom. The molecule has 0 spiro atoms. The Labute approximate surface area is 99.9 Å². The van der Waals surface area contributed by atoms with Crippen molar-refractivity contribution in [2.75, 3.05) is 6.61 Å². The highest BCUT2D eigenvalue weighted by molar-refractivity contribution is 5.89. The molecule has 0 bridgehead atoms. The Balaban J connectivity index is 3.22. The first-order valence-electron chi connectivity index (χ1n) is 5.39. The van der Waals surface area contributed by atoms with Gasteiger partial charge in [-0.05, 0) is 26.8 Å². The van der Waals surface area contributed by atoms with Crippen LogP contribution in [-0.2, 0) is 14.3 Å². The number of allylic oxidation sites excluding steroid dienone is 2. The van der Waals surface area contributed by atoms with Crippen LogP contribution in [0.15, 0.2) is 23.4 Å². The molecule has 0 aliphatic heterocycles. The number of esters is 1. The SMILES string of the molecule is CCOC(=O)C1(C)C=C(C)C=C(N)C1C(=O)O. The third-order valence-corrected chi connectivity index (χ3v) is 2.82. The van der Waals surface area contributed by atoms with Crippen LogP contribution < -0.4 is 5.73 Å². The van der Waals surface area contributed by atoms with Gasteiger partial charge in [0.15, 0.2) is 0 Å². The Hall–Kier alpha value is -1.78. The van der Waals surface area contributed by atoms with Crippen LogP contribution in [0, 0.1) is 11.3 Å². The lowest BCUT2D eigenvalue weighted by molar-refractivity contribution is -0.160. The fourth-order valence-corrected chi connectivity index (χ4v) is 2.15. The van der Waals surface area contributed by atoms with E-state index in [0.717, 1.165) is 5.57 Å². The number of carboxylic acids is 1. The Bertz CT molecular complexity index is 411. The van der Waals surface area contributed by atoms with Crippen molar-refractivity contribution in [1.82, 2.24) is 0 Å². The third-order valence-electron chi connectivity index (χ3n) is 2.82. The zero-order valence-electron chi connectivity index (χ0n) is 10.2. The van der Waals surface area contributed by atoms with Gasteiger partial charge in [0.25, 0.3) is 0 Å². The number of nitrogens with two attached hydrogens (primary N) is 1. The highest BCUT2D eigenvalue weighted by atomic mass is 16.5. The van der Waals surface area contributed by atoms with Crippen molar-refractivity contribution in [1.29, 1.82) is 0 Å². The second-order valence-corrected chi connectivity index (χ2v) is 4.31. The first-order chi connectivity index (χ1) is 7.82. The number of hydrogen-bond acceptors (Lipinski definition) is 4. The molecule has 5 nitrogen and oxygen atoms in total. The van der Waals surface area contributed by atoms with Gasteiger partial charge in [0.2, 0.25) is 0 Å². The van der Waals surface area contributed by atoms with Crippen molar-refractivity contribution in [2.45, 2.75) is 20.8 Å². The zero-order valence-corrected chi connectivity index (χ0v) is 10.2. The van der Waals surface area contributed by atoms with Gasteiger partial charge in [-0.25, -0.2) is 0 Å². The van der Waals surface area contributed by atoms with Crippen LogP contribution in [0.4, 0.5) is 0 Å². The number of hydrogen-bond donors (Lipinski definition) is 2. The van der Waals surface area contributed by atoms with E-state index in [1.54, 1.807) is 26.0 Å². The van der Waals surface area contributed by atoms with Gasteiger partial charge in [-0.2, -0.15) is 0 Å². The zero-order chi connectivity index (χ0) is 13.2. The standard InChI is InChI=1S/C12H17NO4/c1-4-17-11(16)12(3)6-7(2)5-8(13)9(12)10(14)15/h5-6,9H,4,13H2,1-3H3,(H,14,15). The van der Waals surface area contributed by atoms with Gasteiger partial charge < -0.3 is 15.6 Å². The first kappa shape index (κ1) is 13.3. The lowest BCUT2D eigenvalue weighted by Crippen LogP contribution is -2.44. The summed E-state index contributed by atoms with van der Waals surface area (Å²) in [6.07, 6.45) is 3.17. The summed E-state index contributed by atoms with van der Waals surface area (Å²) in [4.78, 5) is 23.2. The summed E-state index contributed by atoms with van der Waals surface area (Å²) in [6, 6.07) is 0. The molecule has 1 rings (SSSR count). The molecule has 1 aliphatic rings. The fourth-order valence-electron chi connectivity index (χ4n) is 2.15. The van der Waals surface area contributed by atoms with Gasteiger partial charge >= 0.3 is 11.9 Å². The highest BCUT2D eigenvalue weighted by Crippen LogP contribution is 2.39. The maximum atomic E-state index is 11.9. The molecule has 94 valence electrons. The first-order valence-corrected chi connectivity index (χ1v) is 5.39. The molecule has 0 saturated heterocycles. The van der Waals surface area contributed by atoms with E-state index in [4.69, 9.17) is 10.5 Å². The van der Waals surface area contributed by atoms with Gasteiger partial charge in [-0.15, -0.1) is 0 Å². The van der Waals surface area contributed by atoms with E-state index < -0.39 is 23.3 Å². The smallest absolute Gasteiger partial charge is 0.316 e. The van der Waals surface area contributed by atoms with Gasteiger partial charge in [0.1, 0.15) is 11.3 Å². The summed E-state index contributed by atoms with van der Waals surface area (Å²) in [5.74, 6) is -2.77. The maximum absolute atomic E-state index is 11.9. The maximum Gasteiger partial charge on any atom is 0.316 e. The summed E-state index contributed by atoms with van der Waals surface area (Å²) in [7, 11) is 0. The molecule has 0 aromatic heterocycles. The fraction of sp³-hybridized carbons (Fsp3) is 0.500. The predicted octanol–water partition coefficient (Wildman–Crippen LogP) is 1.06. The molecule has 0 radical (unpaired) electrons. The lowest BCUT2D eigenvalue weighted by atomic mass is 9.71. The van der Waals surface area contributed by atoms with Gasteiger partial charge in [-0.3, -0.25) is 9.59 Å². The summed E-state index contributed by atoms with van der Waals surface area (Å²) in [5.41, 5.74) is 5.40. The number of carboxylic acid groups (broad SMARTS) is 1. The molecule has 0 fully saturated rings. The normalized spacial score (nSPS) is 28.1. The minimum absolute atomic E-state index is 0.174. The van der Waals surface area contributed by atoms with Crippen molar-refractivity contribution >= 4 is 11.9 Å². The highest BCUT2D eigenvalue weighted by Gasteiger charge is 2.48. The van der Waals surface area contributed by atoms with Crippen molar-refractivity contribution in [3.05, 3.63) is 23.4 Å². The summed E-state index contributed by atoms with van der Waals surface area (Å²) < 4.78 is 4.93. The average Bonchev–Trinajstić information content (AvgIpc) is 2.15. The summed E-state index contributed by atoms with van der Waals surface area (Å²) >= 11 is 0. The molecule has 5 heteroatoms. The van der Waals surface area contributed by atoms with Crippen LogP contribution in [0.2, 0.25) is 0 Å². The summed E-state index contributed by atoms with van der Waals surface area (Å²) in [5, 5.41) is 9.19. The summed E-state index contributed by atoms with van der Waals surface area (Å²) in [6.45, 7) is 5.18. The molecular formula is C12H17NO4. The molecule has 2 atom stereocenters. The average molecular weight is 239 g/mol. The van der Waals surface area contributed by atoms with Crippen LogP contribution >= 0.6 is 0 Å². The van der Waals surface area contributed by atoms with E-state index in [2.05, 4.69) is 0 Å². The van der Waals surface area contributed by atoms with Crippen molar-refractivity contribution in [3.8, 4) is 0 Å². The molecule has 0 aromatic rings. The Morgan fingerprint density at radius 3 is 2.65 bits per heavy atom. The predicted molar refractivity (Wildman–Crippen MR) is 61.9 cm³/mol. The van der Waals surface area contributed by atoms with Crippen LogP contribution in [0.25, 0.3) is 0 Å². The molecular weight excluding hydrogens is 222 g/mol. The number of rotatable bonds is 3. The van der Waals surface area contributed by atoms with Crippen LogP contribution in [-0.4, -0.2) is 23.7 Å². The quantitative estimate of drug-likeness (QED) is 0.719. The monoisotopic (exact) mass is 239 g/mol. The van der Waals surface area contributed by atoms with E-state index in [0.29, 0.717) is 0 Å². The minimum Gasteiger partial charge on any atom is -0.481 e. The second-order valence-electron chi connectivity index (χ2n) is 4.31. The van der Waals surface area contributed by atoms with E-state index >= 15 is 0 Å². The van der Waals surface area contributed by atoms with Gasteiger partial charge in [0.05, 0.1) is 6.61 Å². The van der Waals surface area contributed by atoms with Crippen molar-refractivity contribution in [2.24, 2.45) is 17.1 Å². The van der Waals surface area contributed by atoms with Crippen molar-refractivity contribution in [3.63, 3.8) is 0 Å². The number of ether oxygens (including phenoxy) is 1. The van der Waals surface area contributed by atoms with Gasteiger partial charge in [0, 0.05) is 5.70 Å². The van der Waals surface area contributed by atoms with Crippen LogP contribution in [0.3, 0.4) is 0 Å². The van der Waals surface area contributed by atoms with Crippen LogP contribution in [0.5, 0.6) is 0 Å². The van der Waals surface area contributed by atoms with Crippen molar-refractivity contribution < 1.29 is 19.4 Å². The molecule has 0 saturated carbocycles. The molecule has 0 heterocycles. The van der Waals surface area contributed by atoms with E-state index in [1.807, 2.05) is 0 Å². The number of carbonyl (C=O) groups excluding carboxylic acids is 1. The largest absolute Gasteiger partial charge is 0.481 e. The van der Waals surface area contributed by atoms with E-state index in [1.165, 1.54) is 6.92 Å². The molecule has 0 amide bonds. The Morgan fingerprint density at radius 1 is 1.59 bits per heavy atom. The molecule has 3 N–H and O–H groups in total. The molecule has 2 unspecified atom stereocenters. The van der Waals surface area contributed by atoms with Gasteiger partial charge in [-0.1, -0.05) is 11.6 Å². The van der Waals surface area contributed by atoms with E-state index in [9.17, 15) is 14.7 Å². The minimum atomic E-state index is -1.25. The number of carbonyl (C=O) groups is 2. The topological polar surface area (TPSA) is 89.6 Å². The molecule has 0 aromatic carbocycles. The second kappa shape index (κ2) is 4.61. The van der Waals surface area contributed by atoms with E-state index in [-0.39, 0.29) is 12.3 Å². The molecule has 1 aliphatic carbocycles. The molecule has 17 heavy (non-hydrogen) atoms.